The molecule has 2 atom stereocenters. The van der Waals surface area contributed by atoms with Crippen LogP contribution in [0, 0.1) is 5.92 Å². The molecular formula is C15H19NO3. The van der Waals surface area contributed by atoms with Crippen molar-refractivity contribution in [3.8, 4) is 0 Å². The molecule has 19 heavy (non-hydrogen) atoms. The third-order valence-electron chi connectivity index (χ3n) is 3.74. The lowest BCUT2D eigenvalue weighted by Gasteiger charge is -2.12. The number of carboxylic acids is 1. The number of carbonyl (C=O) groups excluding carboxylic acids is 1. The van der Waals surface area contributed by atoms with Gasteiger partial charge in [0.1, 0.15) is 0 Å². The number of rotatable bonds is 4. The van der Waals surface area contributed by atoms with Crippen LogP contribution in [0.5, 0.6) is 0 Å². The van der Waals surface area contributed by atoms with Crippen molar-refractivity contribution in [2.24, 2.45) is 5.92 Å². The lowest BCUT2D eigenvalue weighted by molar-refractivity contribution is -0.141. The molecule has 2 N–H and O–H groups in total. The molecule has 0 bridgehead atoms. The Kier molecular flexibility index (Phi) is 4.20. The van der Waals surface area contributed by atoms with Crippen molar-refractivity contribution in [1.29, 1.82) is 0 Å². The minimum atomic E-state index is -0.760. The topological polar surface area (TPSA) is 66.4 Å². The summed E-state index contributed by atoms with van der Waals surface area (Å²) in [6.07, 6.45) is 2.88. The highest BCUT2D eigenvalue weighted by molar-refractivity contribution is 5.94. The summed E-state index contributed by atoms with van der Waals surface area (Å²) >= 11 is 0. The molecule has 1 fully saturated rings. The van der Waals surface area contributed by atoms with Crippen molar-refractivity contribution in [2.45, 2.75) is 38.6 Å². The molecule has 1 aliphatic carbocycles. The van der Waals surface area contributed by atoms with E-state index >= 15 is 0 Å². The molecule has 1 aliphatic rings. The Morgan fingerprint density at radius 1 is 1.26 bits per heavy atom. The van der Waals surface area contributed by atoms with Gasteiger partial charge in [0.25, 0.3) is 5.91 Å². The lowest BCUT2D eigenvalue weighted by Crippen LogP contribution is -2.33. The predicted octanol–water partition coefficient (Wildman–Crippen LogP) is 2.23. The Morgan fingerprint density at radius 3 is 2.47 bits per heavy atom. The third kappa shape index (κ3) is 3.34. The van der Waals surface area contributed by atoms with Crippen molar-refractivity contribution in [3.05, 3.63) is 35.4 Å². The van der Waals surface area contributed by atoms with Gasteiger partial charge in [-0.3, -0.25) is 9.59 Å². The van der Waals surface area contributed by atoms with Crippen LogP contribution in [0.4, 0.5) is 0 Å². The molecule has 0 aliphatic heterocycles. The summed E-state index contributed by atoms with van der Waals surface area (Å²) in [4.78, 5) is 22.9. The molecule has 1 saturated carbocycles. The fourth-order valence-corrected chi connectivity index (χ4v) is 2.50. The molecule has 0 heterocycles. The molecule has 4 heteroatoms. The number of benzene rings is 1. The zero-order valence-corrected chi connectivity index (χ0v) is 11.1. The molecule has 4 nitrogen and oxygen atoms in total. The van der Waals surface area contributed by atoms with Crippen LogP contribution >= 0.6 is 0 Å². The van der Waals surface area contributed by atoms with E-state index in [1.54, 1.807) is 0 Å². The van der Waals surface area contributed by atoms with E-state index in [9.17, 15) is 9.59 Å². The molecule has 1 amide bonds. The highest BCUT2D eigenvalue weighted by atomic mass is 16.4. The van der Waals surface area contributed by atoms with Gasteiger partial charge in [-0.05, 0) is 43.4 Å². The quantitative estimate of drug-likeness (QED) is 0.873. The van der Waals surface area contributed by atoms with Gasteiger partial charge in [-0.25, -0.2) is 0 Å². The van der Waals surface area contributed by atoms with E-state index in [0.29, 0.717) is 18.4 Å². The van der Waals surface area contributed by atoms with Crippen molar-refractivity contribution in [1.82, 2.24) is 5.32 Å². The number of nitrogens with one attached hydrogen (secondary N) is 1. The molecule has 0 saturated heterocycles. The number of carbonyl (C=O) groups is 2. The Morgan fingerprint density at radius 2 is 1.95 bits per heavy atom. The summed E-state index contributed by atoms with van der Waals surface area (Å²) in [6, 6.07) is 7.52. The standard InChI is InChI=1S/C15H19NO3/c1-2-10-3-5-11(6-4-10)14(17)16-13-8-7-12(9-13)15(18)19/h3-6,12-13H,2,7-9H2,1H3,(H,16,17)(H,18,19). The summed E-state index contributed by atoms with van der Waals surface area (Å²) in [5, 5.41) is 11.8. The molecule has 1 aromatic rings. The fraction of sp³-hybridized carbons (Fsp3) is 0.467. The van der Waals surface area contributed by atoms with Gasteiger partial charge in [0.05, 0.1) is 5.92 Å². The van der Waals surface area contributed by atoms with Crippen LogP contribution < -0.4 is 5.32 Å². The summed E-state index contributed by atoms with van der Waals surface area (Å²) in [6.45, 7) is 2.07. The van der Waals surface area contributed by atoms with Crippen molar-refractivity contribution >= 4 is 11.9 Å². The number of carboxylic acid groups (broad SMARTS) is 1. The SMILES string of the molecule is CCc1ccc(C(=O)NC2CCC(C(=O)O)C2)cc1. The van der Waals surface area contributed by atoms with Gasteiger partial charge in [0, 0.05) is 11.6 Å². The summed E-state index contributed by atoms with van der Waals surface area (Å²) in [7, 11) is 0. The number of hydrogen-bond acceptors (Lipinski definition) is 2. The van der Waals surface area contributed by atoms with Crippen molar-refractivity contribution < 1.29 is 14.7 Å². The molecule has 1 aromatic carbocycles. The van der Waals surface area contributed by atoms with Gasteiger partial charge in [0.2, 0.25) is 0 Å². The van der Waals surface area contributed by atoms with Crippen molar-refractivity contribution in [3.63, 3.8) is 0 Å². The summed E-state index contributed by atoms with van der Waals surface area (Å²) in [5.41, 5.74) is 1.83. The van der Waals surface area contributed by atoms with E-state index in [0.717, 1.165) is 12.8 Å². The van der Waals surface area contributed by atoms with E-state index in [1.165, 1.54) is 5.56 Å². The van der Waals surface area contributed by atoms with E-state index in [2.05, 4.69) is 12.2 Å². The Balaban J connectivity index is 1.92. The monoisotopic (exact) mass is 261 g/mol. The highest BCUT2D eigenvalue weighted by Gasteiger charge is 2.30. The average molecular weight is 261 g/mol. The Hall–Kier alpha value is -1.84. The maximum Gasteiger partial charge on any atom is 0.306 e. The predicted molar refractivity (Wildman–Crippen MR) is 72.1 cm³/mol. The minimum absolute atomic E-state index is 0.0144. The van der Waals surface area contributed by atoms with Crippen LogP contribution in [0.3, 0.4) is 0 Å². The first-order valence-electron chi connectivity index (χ1n) is 6.72. The van der Waals surface area contributed by atoms with Crippen LogP contribution in [0.25, 0.3) is 0 Å². The molecule has 0 radical (unpaired) electrons. The Labute approximate surface area is 112 Å². The van der Waals surface area contributed by atoms with Crippen molar-refractivity contribution in [2.75, 3.05) is 0 Å². The van der Waals surface area contributed by atoms with Crippen LogP contribution in [0.15, 0.2) is 24.3 Å². The van der Waals surface area contributed by atoms with Crippen LogP contribution in [0.2, 0.25) is 0 Å². The van der Waals surface area contributed by atoms with Crippen LogP contribution in [0.1, 0.15) is 42.1 Å². The zero-order valence-electron chi connectivity index (χ0n) is 11.1. The molecular weight excluding hydrogens is 242 g/mol. The number of amides is 1. The number of hydrogen-bond donors (Lipinski definition) is 2. The maximum absolute atomic E-state index is 12.0. The molecule has 2 unspecified atom stereocenters. The fourth-order valence-electron chi connectivity index (χ4n) is 2.50. The first-order valence-corrected chi connectivity index (χ1v) is 6.72. The first kappa shape index (κ1) is 13.6. The van der Waals surface area contributed by atoms with E-state index in [1.807, 2.05) is 24.3 Å². The second kappa shape index (κ2) is 5.87. The second-order valence-electron chi connectivity index (χ2n) is 5.07. The van der Waals surface area contributed by atoms with E-state index in [-0.39, 0.29) is 17.9 Å². The maximum atomic E-state index is 12.0. The molecule has 2 rings (SSSR count). The summed E-state index contributed by atoms with van der Waals surface area (Å²) < 4.78 is 0. The minimum Gasteiger partial charge on any atom is -0.481 e. The Bertz CT molecular complexity index is 467. The normalized spacial score (nSPS) is 22.2. The van der Waals surface area contributed by atoms with E-state index < -0.39 is 5.97 Å². The van der Waals surface area contributed by atoms with Gasteiger partial charge in [-0.1, -0.05) is 19.1 Å². The van der Waals surface area contributed by atoms with Crippen LogP contribution in [-0.2, 0) is 11.2 Å². The van der Waals surface area contributed by atoms with Crippen LogP contribution in [-0.4, -0.2) is 23.0 Å². The molecule has 102 valence electrons. The zero-order chi connectivity index (χ0) is 13.8. The second-order valence-corrected chi connectivity index (χ2v) is 5.07. The highest BCUT2D eigenvalue weighted by Crippen LogP contribution is 2.25. The lowest BCUT2D eigenvalue weighted by atomic mass is 10.1. The molecule has 0 spiro atoms. The van der Waals surface area contributed by atoms with Gasteiger partial charge >= 0.3 is 5.97 Å². The van der Waals surface area contributed by atoms with Gasteiger partial charge in [-0.2, -0.15) is 0 Å². The number of aryl methyl sites for hydroxylation is 1. The summed E-state index contributed by atoms with van der Waals surface area (Å²) in [5.74, 6) is -1.18. The number of aliphatic carboxylic acids is 1. The van der Waals surface area contributed by atoms with E-state index in [4.69, 9.17) is 5.11 Å². The third-order valence-corrected chi connectivity index (χ3v) is 3.74. The molecule has 0 aromatic heterocycles. The largest absolute Gasteiger partial charge is 0.481 e. The van der Waals surface area contributed by atoms with Gasteiger partial charge in [0.15, 0.2) is 0 Å². The smallest absolute Gasteiger partial charge is 0.306 e. The first-order chi connectivity index (χ1) is 9.10. The van der Waals surface area contributed by atoms with Gasteiger partial charge in [-0.15, -0.1) is 0 Å². The van der Waals surface area contributed by atoms with Gasteiger partial charge < -0.3 is 10.4 Å². The average Bonchev–Trinajstić information content (AvgIpc) is 2.87.